The maximum atomic E-state index is 10.9. The minimum atomic E-state index is -0.411. The van der Waals surface area contributed by atoms with E-state index in [-0.39, 0.29) is 0 Å². The number of nitrogens with one attached hydrogen (secondary N) is 2. The number of halogens is 1. The molecule has 1 aromatic heterocycles. The Balaban J connectivity index is 2.35. The fraction of sp³-hybridized carbons (Fsp3) is 0.222. The van der Waals surface area contributed by atoms with Crippen molar-refractivity contribution in [3.63, 3.8) is 0 Å². The summed E-state index contributed by atoms with van der Waals surface area (Å²) in [6.07, 6.45) is 0. The summed E-state index contributed by atoms with van der Waals surface area (Å²) in [5, 5.41) is 3.13. The maximum absolute atomic E-state index is 10.9. The second kappa shape index (κ2) is 3.98. The van der Waals surface area contributed by atoms with Crippen molar-refractivity contribution in [2.75, 3.05) is 5.45 Å². The fourth-order valence-electron chi connectivity index (χ4n) is 1.30. The Morgan fingerprint density at radius 3 is 3.14 bits per heavy atom. The van der Waals surface area contributed by atoms with Crippen molar-refractivity contribution in [2.24, 2.45) is 0 Å². The van der Waals surface area contributed by atoms with Crippen LogP contribution in [0.1, 0.15) is 5.56 Å². The van der Waals surface area contributed by atoms with Crippen molar-refractivity contribution in [3.8, 4) is 0 Å². The summed E-state index contributed by atoms with van der Waals surface area (Å²) in [5.41, 5.74) is 3.18. The van der Waals surface area contributed by atoms with Crippen molar-refractivity contribution in [2.45, 2.75) is 6.54 Å². The molecule has 0 amide bonds. The van der Waals surface area contributed by atoms with Gasteiger partial charge in [0.2, 0.25) is 0 Å². The van der Waals surface area contributed by atoms with Crippen LogP contribution in [0.4, 0.5) is 0 Å². The molecule has 0 saturated carbocycles. The summed E-state index contributed by atoms with van der Waals surface area (Å²) in [4.78, 5) is 13.5. The van der Waals surface area contributed by atoms with Gasteiger partial charge in [0.25, 0.3) is 0 Å². The molecule has 0 spiro atoms. The van der Waals surface area contributed by atoms with E-state index in [9.17, 15) is 4.79 Å². The molecule has 2 N–H and O–H groups in total. The number of H-pyrrole nitrogens is 1. The zero-order valence-electron chi connectivity index (χ0n) is 7.34. The van der Waals surface area contributed by atoms with Gasteiger partial charge in [-0.2, -0.15) is 0 Å². The number of fused-ring (bicyclic) bond motifs is 1. The Morgan fingerprint density at radius 1 is 1.50 bits per heavy atom. The Bertz CT molecular complexity index is 489. The van der Waals surface area contributed by atoms with E-state index < -0.39 is 5.76 Å². The zero-order chi connectivity index (χ0) is 9.97. The first-order valence-electron chi connectivity index (χ1n) is 4.18. The maximum Gasteiger partial charge on any atom is 0.417 e. The number of benzene rings is 1. The van der Waals surface area contributed by atoms with E-state index in [0.29, 0.717) is 5.58 Å². The Hall–Kier alpha value is -1.07. The highest BCUT2D eigenvalue weighted by Gasteiger charge is 2.01. The Morgan fingerprint density at radius 2 is 2.36 bits per heavy atom. The Labute approximate surface area is 88.4 Å². The summed E-state index contributed by atoms with van der Waals surface area (Å²) in [7, 11) is 0. The molecule has 14 heavy (non-hydrogen) atoms. The van der Waals surface area contributed by atoms with Crippen LogP contribution in [-0.4, -0.2) is 10.4 Å². The molecule has 0 atom stereocenters. The van der Waals surface area contributed by atoms with Gasteiger partial charge in [-0.15, -0.1) is 0 Å². The van der Waals surface area contributed by atoms with Crippen LogP contribution >= 0.6 is 15.9 Å². The van der Waals surface area contributed by atoms with E-state index in [2.05, 4.69) is 26.2 Å². The predicted octanol–water partition coefficient (Wildman–Crippen LogP) is 1.56. The average Bonchev–Trinajstić information content (AvgIpc) is 2.54. The molecule has 0 saturated heterocycles. The van der Waals surface area contributed by atoms with E-state index in [4.69, 9.17) is 4.42 Å². The van der Waals surface area contributed by atoms with Gasteiger partial charge < -0.3 is 9.73 Å². The largest absolute Gasteiger partial charge is 0.417 e. The van der Waals surface area contributed by atoms with Crippen LogP contribution in [0, 0.1) is 0 Å². The quantitative estimate of drug-likeness (QED) is 0.648. The van der Waals surface area contributed by atoms with E-state index in [1.165, 1.54) is 0 Å². The molecular weight excluding hydrogens is 248 g/mol. The summed E-state index contributed by atoms with van der Waals surface area (Å²) >= 11 is 3.27. The molecular formula is C9H9BrN2O2. The van der Waals surface area contributed by atoms with Crippen molar-refractivity contribution >= 4 is 27.0 Å². The normalized spacial score (nSPS) is 10.9. The molecule has 0 unspecified atom stereocenters. The molecule has 5 heteroatoms. The van der Waals surface area contributed by atoms with Crippen LogP contribution in [0.5, 0.6) is 0 Å². The highest BCUT2D eigenvalue weighted by Crippen LogP contribution is 2.11. The van der Waals surface area contributed by atoms with Gasteiger partial charge in [0.05, 0.1) is 11.0 Å². The van der Waals surface area contributed by atoms with Crippen LogP contribution in [0.25, 0.3) is 11.1 Å². The number of oxazole rings is 1. The number of hydrogen-bond acceptors (Lipinski definition) is 3. The van der Waals surface area contributed by atoms with E-state index in [0.717, 1.165) is 23.1 Å². The third kappa shape index (κ3) is 1.88. The molecule has 0 fully saturated rings. The van der Waals surface area contributed by atoms with Crippen LogP contribution in [-0.2, 0) is 6.54 Å². The lowest BCUT2D eigenvalue weighted by molar-refractivity contribution is 0.555. The van der Waals surface area contributed by atoms with Crippen molar-refractivity contribution in [1.29, 1.82) is 0 Å². The van der Waals surface area contributed by atoms with Crippen LogP contribution in [0.3, 0.4) is 0 Å². The number of alkyl halides is 1. The topological polar surface area (TPSA) is 58.0 Å². The van der Waals surface area contributed by atoms with E-state index in [1.807, 2.05) is 12.1 Å². The molecule has 0 bridgehead atoms. The third-order valence-electron chi connectivity index (χ3n) is 1.91. The highest BCUT2D eigenvalue weighted by atomic mass is 79.9. The third-order valence-corrected chi connectivity index (χ3v) is 2.30. The molecule has 0 aliphatic heterocycles. The first-order chi connectivity index (χ1) is 6.79. The van der Waals surface area contributed by atoms with Gasteiger partial charge in [-0.25, -0.2) is 4.79 Å². The molecule has 2 aromatic rings. The van der Waals surface area contributed by atoms with Gasteiger partial charge in [0.1, 0.15) is 0 Å². The van der Waals surface area contributed by atoms with Crippen molar-refractivity contribution < 1.29 is 4.42 Å². The number of rotatable bonds is 3. The summed E-state index contributed by atoms with van der Waals surface area (Å²) in [5.74, 6) is -0.411. The highest BCUT2D eigenvalue weighted by molar-refractivity contribution is 9.09. The summed E-state index contributed by atoms with van der Waals surface area (Å²) < 4.78 is 4.89. The zero-order valence-corrected chi connectivity index (χ0v) is 8.93. The number of hydrogen-bond donors (Lipinski definition) is 2. The smallest absolute Gasteiger partial charge is 0.408 e. The van der Waals surface area contributed by atoms with Gasteiger partial charge in [-0.05, 0) is 17.7 Å². The minimum absolute atomic E-state index is 0.411. The van der Waals surface area contributed by atoms with Gasteiger partial charge in [-0.3, -0.25) is 4.98 Å². The lowest BCUT2D eigenvalue weighted by atomic mass is 10.2. The summed E-state index contributed by atoms with van der Waals surface area (Å²) in [6, 6.07) is 5.61. The molecule has 2 rings (SSSR count). The first-order valence-corrected chi connectivity index (χ1v) is 5.30. The van der Waals surface area contributed by atoms with E-state index >= 15 is 0 Å². The molecule has 0 aliphatic rings. The lowest BCUT2D eigenvalue weighted by Gasteiger charge is -1.99. The predicted molar refractivity (Wildman–Crippen MR) is 57.5 cm³/mol. The molecule has 0 radical (unpaired) electrons. The van der Waals surface area contributed by atoms with Crippen molar-refractivity contribution in [1.82, 2.24) is 10.3 Å². The monoisotopic (exact) mass is 256 g/mol. The van der Waals surface area contributed by atoms with Gasteiger partial charge in [-0.1, -0.05) is 22.0 Å². The molecule has 0 aliphatic carbocycles. The van der Waals surface area contributed by atoms with Gasteiger partial charge in [0.15, 0.2) is 5.58 Å². The molecule has 1 heterocycles. The standard InChI is InChI=1S/C9H9BrN2O2/c10-5-11-4-6-1-2-8-7(3-6)12-9(13)14-8/h1-3,11H,4-5H2,(H,12,13). The fourth-order valence-corrected chi connectivity index (χ4v) is 1.50. The Kier molecular flexibility index (Phi) is 2.69. The molecule has 1 aromatic carbocycles. The van der Waals surface area contributed by atoms with Crippen LogP contribution < -0.4 is 11.1 Å². The average molecular weight is 257 g/mol. The van der Waals surface area contributed by atoms with E-state index in [1.54, 1.807) is 6.07 Å². The second-order valence-corrected chi connectivity index (χ2v) is 3.47. The lowest BCUT2D eigenvalue weighted by Crippen LogP contribution is -2.09. The molecule has 74 valence electrons. The summed E-state index contributed by atoms with van der Waals surface area (Å²) in [6.45, 7) is 0.758. The van der Waals surface area contributed by atoms with Gasteiger partial charge in [0, 0.05) is 6.54 Å². The number of aromatic nitrogens is 1. The van der Waals surface area contributed by atoms with Crippen LogP contribution in [0.15, 0.2) is 27.4 Å². The van der Waals surface area contributed by atoms with Gasteiger partial charge >= 0.3 is 5.76 Å². The second-order valence-electron chi connectivity index (χ2n) is 2.91. The van der Waals surface area contributed by atoms with Crippen LogP contribution in [0.2, 0.25) is 0 Å². The minimum Gasteiger partial charge on any atom is -0.408 e. The SMILES string of the molecule is O=c1[nH]c2cc(CNCBr)ccc2o1. The number of aromatic amines is 1. The first kappa shape index (κ1) is 9.48. The van der Waals surface area contributed by atoms with Crippen molar-refractivity contribution in [3.05, 3.63) is 34.3 Å². The molecule has 4 nitrogen and oxygen atoms in total.